The monoisotopic (exact) mass is 338 g/mol. The molecule has 130 valence electrons. The first kappa shape index (κ1) is 15.8. The Hall–Kier alpha value is -2.70. The van der Waals surface area contributed by atoms with Gasteiger partial charge < -0.3 is 4.90 Å². The summed E-state index contributed by atoms with van der Waals surface area (Å²) in [6, 6.07) is 4.23. The topological polar surface area (TPSA) is 68.8 Å². The zero-order chi connectivity index (χ0) is 17.4. The largest absolute Gasteiger partial charge is 0.334 e. The molecule has 0 aromatic carbocycles. The average Bonchev–Trinajstić information content (AvgIpc) is 3.34. The van der Waals surface area contributed by atoms with Gasteiger partial charge in [0.15, 0.2) is 5.65 Å². The van der Waals surface area contributed by atoms with Gasteiger partial charge in [-0.1, -0.05) is 0 Å². The van der Waals surface area contributed by atoms with Gasteiger partial charge in [-0.15, -0.1) is 0 Å². The van der Waals surface area contributed by atoms with Crippen molar-refractivity contribution in [1.29, 1.82) is 0 Å². The fraction of sp³-hybridized carbons (Fsp3) is 0.444. The quantitative estimate of drug-likeness (QED) is 0.733. The van der Waals surface area contributed by atoms with Crippen LogP contribution in [0.3, 0.4) is 0 Å². The molecule has 1 aliphatic rings. The zero-order valence-corrected chi connectivity index (χ0v) is 14.5. The number of pyridine rings is 1. The SMILES string of the molecule is CC(C)n1ncc2cc(C(=O)N3CCC[C@@H]3Cn3cccn3)cnc21. The van der Waals surface area contributed by atoms with Crippen molar-refractivity contribution in [3.8, 4) is 0 Å². The summed E-state index contributed by atoms with van der Waals surface area (Å²) in [5.41, 5.74) is 1.45. The normalized spacial score (nSPS) is 17.7. The van der Waals surface area contributed by atoms with Crippen LogP contribution in [-0.2, 0) is 6.54 Å². The molecule has 3 aromatic heterocycles. The molecule has 3 aromatic rings. The maximum Gasteiger partial charge on any atom is 0.255 e. The second kappa shape index (κ2) is 6.31. The second-order valence-electron chi connectivity index (χ2n) is 6.84. The lowest BCUT2D eigenvalue weighted by molar-refractivity contribution is 0.0721. The smallest absolute Gasteiger partial charge is 0.255 e. The summed E-state index contributed by atoms with van der Waals surface area (Å²) in [7, 11) is 0. The number of likely N-dealkylation sites (tertiary alicyclic amines) is 1. The van der Waals surface area contributed by atoms with Crippen molar-refractivity contribution in [3.05, 3.63) is 42.5 Å². The zero-order valence-electron chi connectivity index (χ0n) is 14.5. The molecule has 1 aliphatic heterocycles. The molecule has 1 saturated heterocycles. The molecule has 1 fully saturated rings. The van der Waals surface area contributed by atoms with Crippen LogP contribution in [0.5, 0.6) is 0 Å². The van der Waals surface area contributed by atoms with Gasteiger partial charge >= 0.3 is 0 Å². The minimum atomic E-state index is 0.0429. The van der Waals surface area contributed by atoms with Crippen LogP contribution >= 0.6 is 0 Å². The molecule has 4 rings (SSSR count). The molecule has 0 N–H and O–H groups in total. The van der Waals surface area contributed by atoms with E-state index in [-0.39, 0.29) is 18.0 Å². The Kier molecular flexibility index (Phi) is 3.99. The predicted molar refractivity (Wildman–Crippen MR) is 94.2 cm³/mol. The van der Waals surface area contributed by atoms with Gasteiger partial charge in [-0.25, -0.2) is 9.67 Å². The number of aromatic nitrogens is 5. The van der Waals surface area contributed by atoms with E-state index in [2.05, 4.69) is 29.0 Å². The van der Waals surface area contributed by atoms with E-state index in [0.717, 1.165) is 37.0 Å². The third-order valence-corrected chi connectivity index (χ3v) is 4.76. The van der Waals surface area contributed by atoms with E-state index >= 15 is 0 Å². The fourth-order valence-corrected chi connectivity index (χ4v) is 3.52. The van der Waals surface area contributed by atoms with E-state index in [1.807, 2.05) is 32.6 Å². The van der Waals surface area contributed by atoms with Gasteiger partial charge in [-0.05, 0) is 38.8 Å². The number of rotatable bonds is 4. The molecule has 1 amide bonds. The molecule has 7 heteroatoms. The number of hydrogen-bond acceptors (Lipinski definition) is 4. The van der Waals surface area contributed by atoms with Crippen LogP contribution in [0.15, 0.2) is 36.9 Å². The summed E-state index contributed by atoms with van der Waals surface area (Å²) in [4.78, 5) is 19.4. The maximum absolute atomic E-state index is 13.0. The highest BCUT2D eigenvalue weighted by Gasteiger charge is 2.30. The molecule has 0 aliphatic carbocycles. The summed E-state index contributed by atoms with van der Waals surface area (Å²) in [6.45, 7) is 5.66. The highest BCUT2D eigenvalue weighted by atomic mass is 16.2. The third-order valence-electron chi connectivity index (χ3n) is 4.76. The van der Waals surface area contributed by atoms with Crippen molar-refractivity contribution < 1.29 is 4.79 Å². The van der Waals surface area contributed by atoms with Gasteiger partial charge in [0.05, 0.1) is 24.3 Å². The molecule has 1 atom stereocenters. The van der Waals surface area contributed by atoms with Gasteiger partial charge in [0.1, 0.15) is 0 Å². The number of amides is 1. The molecule has 25 heavy (non-hydrogen) atoms. The first-order chi connectivity index (χ1) is 12.1. The van der Waals surface area contributed by atoms with Crippen LogP contribution in [0.1, 0.15) is 43.1 Å². The summed E-state index contributed by atoms with van der Waals surface area (Å²) >= 11 is 0. The van der Waals surface area contributed by atoms with Gasteiger partial charge in [-0.3, -0.25) is 9.48 Å². The van der Waals surface area contributed by atoms with Gasteiger partial charge in [0.2, 0.25) is 0 Å². The van der Waals surface area contributed by atoms with E-state index in [1.54, 1.807) is 18.6 Å². The molecule has 0 saturated carbocycles. The van der Waals surface area contributed by atoms with E-state index in [1.165, 1.54) is 0 Å². The summed E-state index contributed by atoms with van der Waals surface area (Å²) in [5, 5.41) is 9.54. The van der Waals surface area contributed by atoms with E-state index in [9.17, 15) is 4.79 Å². The lowest BCUT2D eigenvalue weighted by Gasteiger charge is -2.24. The van der Waals surface area contributed by atoms with Crippen LogP contribution in [0.25, 0.3) is 11.0 Å². The summed E-state index contributed by atoms with van der Waals surface area (Å²) < 4.78 is 3.77. The lowest BCUT2D eigenvalue weighted by atomic mass is 10.2. The first-order valence-corrected chi connectivity index (χ1v) is 8.75. The number of nitrogens with zero attached hydrogens (tertiary/aromatic N) is 6. The molecular weight excluding hydrogens is 316 g/mol. The summed E-state index contributed by atoms with van der Waals surface area (Å²) in [5.74, 6) is 0.0429. The first-order valence-electron chi connectivity index (χ1n) is 8.75. The van der Waals surface area contributed by atoms with Crippen LogP contribution in [0, 0.1) is 0 Å². The van der Waals surface area contributed by atoms with Crippen molar-refractivity contribution >= 4 is 16.9 Å². The molecule has 0 spiro atoms. The van der Waals surface area contributed by atoms with Crippen molar-refractivity contribution in [3.63, 3.8) is 0 Å². The number of carbonyl (C=O) groups is 1. The Morgan fingerprint density at radius 1 is 1.32 bits per heavy atom. The average molecular weight is 338 g/mol. The Balaban J connectivity index is 1.58. The molecular formula is C18H22N6O. The number of fused-ring (bicyclic) bond motifs is 1. The Morgan fingerprint density at radius 3 is 2.96 bits per heavy atom. The molecule has 0 unspecified atom stereocenters. The molecule has 7 nitrogen and oxygen atoms in total. The molecule has 0 radical (unpaired) electrons. The van der Waals surface area contributed by atoms with Crippen molar-refractivity contribution in [2.75, 3.05) is 6.54 Å². The van der Waals surface area contributed by atoms with Crippen molar-refractivity contribution in [2.24, 2.45) is 0 Å². The van der Waals surface area contributed by atoms with Crippen LogP contribution < -0.4 is 0 Å². The van der Waals surface area contributed by atoms with Crippen LogP contribution in [0.2, 0.25) is 0 Å². The van der Waals surface area contributed by atoms with Crippen LogP contribution in [0.4, 0.5) is 0 Å². The minimum Gasteiger partial charge on any atom is -0.334 e. The Morgan fingerprint density at radius 2 is 2.20 bits per heavy atom. The fourth-order valence-electron chi connectivity index (χ4n) is 3.52. The second-order valence-corrected chi connectivity index (χ2v) is 6.84. The van der Waals surface area contributed by atoms with Gasteiger partial charge in [0, 0.05) is 36.6 Å². The summed E-state index contributed by atoms with van der Waals surface area (Å²) in [6.07, 6.45) is 9.20. The highest BCUT2D eigenvalue weighted by molar-refractivity contribution is 5.97. The molecule has 4 heterocycles. The maximum atomic E-state index is 13.0. The van der Waals surface area contributed by atoms with Gasteiger partial charge in [-0.2, -0.15) is 10.2 Å². The van der Waals surface area contributed by atoms with Crippen molar-refractivity contribution in [2.45, 2.75) is 45.3 Å². The number of hydrogen-bond donors (Lipinski definition) is 0. The number of carbonyl (C=O) groups excluding carboxylic acids is 1. The van der Waals surface area contributed by atoms with E-state index in [4.69, 9.17) is 0 Å². The minimum absolute atomic E-state index is 0.0429. The lowest BCUT2D eigenvalue weighted by Crippen LogP contribution is -2.38. The molecule has 0 bridgehead atoms. The van der Waals surface area contributed by atoms with E-state index < -0.39 is 0 Å². The van der Waals surface area contributed by atoms with Crippen molar-refractivity contribution in [1.82, 2.24) is 29.4 Å². The third kappa shape index (κ3) is 2.90. The predicted octanol–water partition coefficient (Wildman–Crippen LogP) is 2.51. The van der Waals surface area contributed by atoms with Crippen LogP contribution in [-0.4, -0.2) is 47.9 Å². The highest BCUT2D eigenvalue weighted by Crippen LogP contribution is 2.23. The van der Waals surface area contributed by atoms with E-state index in [0.29, 0.717) is 5.56 Å². The standard InChI is InChI=1S/C18H22N6O/c1-13(2)24-17-14(11-21-24)9-15(10-19-17)18(25)23-8-3-5-16(23)12-22-7-4-6-20-22/h4,6-7,9-11,13,16H,3,5,8,12H2,1-2H3/t16-/m1/s1. The Labute approximate surface area is 146 Å². The van der Waals surface area contributed by atoms with Gasteiger partial charge in [0.25, 0.3) is 5.91 Å². The Bertz CT molecular complexity index is 882.